The summed E-state index contributed by atoms with van der Waals surface area (Å²) in [6.45, 7) is 1.11. The molecule has 3 N–H and O–H groups in total. The van der Waals surface area contributed by atoms with Crippen molar-refractivity contribution < 1.29 is 13.7 Å². The molecule has 5 rings (SSSR count). The number of amides is 2. The van der Waals surface area contributed by atoms with Crippen LogP contribution in [0.3, 0.4) is 0 Å². The van der Waals surface area contributed by atoms with Crippen molar-refractivity contribution in [1.29, 1.82) is 5.26 Å². The van der Waals surface area contributed by atoms with Crippen molar-refractivity contribution in [2.24, 2.45) is 9.50 Å². The molecule has 1 aromatic heterocycles. The minimum atomic E-state index is -3.52. The topological polar surface area (TPSA) is 135 Å². The van der Waals surface area contributed by atoms with E-state index in [1.165, 1.54) is 6.20 Å². The average molecular weight is 427 g/mol. The Hall–Kier alpha value is -2.90. The van der Waals surface area contributed by atoms with E-state index < -0.39 is 15.9 Å². The second-order valence-electron chi connectivity index (χ2n) is 7.91. The molecule has 1 aromatic carbocycles. The number of carbonyl (C=O) groups is 1. The average Bonchev–Trinajstić information content (AvgIpc) is 3.26. The highest BCUT2D eigenvalue weighted by Crippen LogP contribution is 2.47. The van der Waals surface area contributed by atoms with Gasteiger partial charge in [0.15, 0.2) is 9.92 Å². The lowest BCUT2D eigenvalue weighted by atomic mass is 9.95. The van der Waals surface area contributed by atoms with Gasteiger partial charge in [0.2, 0.25) is 5.88 Å². The highest BCUT2D eigenvalue weighted by atomic mass is 32.2. The minimum Gasteiger partial charge on any atom is -0.477 e. The van der Waals surface area contributed by atoms with Crippen LogP contribution in [0.25, 0.3) is 0 Å². The lowest BCUT2D eigenvalue weighted by Crippen LogP contribution is -2.21. The molecule has 0 spiro atoms. The Labute approximate surface area is 174 Å². The van der Waals surface area contributed by atoms with Crippen molar-refractivity contribution in [3.05, 3.63) is 34.5 Å². The fourth-order valence-corrected chi connectivity index (χ4v) is 5.32. The van der Waals surface area contributed by atoms with Crippen LogP contribution < -0.4 is 15.2 Å². The van der Waals surface area contributed by atoms with E-state index in [1.54, 1.807) is 4.68 Å². The summed E-state index contributed by atoms with van der Waals surface area (Å²) in [5.41, 5.74) is 4.34. The monoisotopic (exact) mass is 426 g/mol. The third-order valence-electron chi connectivity index (χ3n) is 5.85. The molecule has 3 aliphatic rings. The highest BCUT2D eigenvalue weighted by Gasteiger charge is 2.32. The molecule has 10 heteroatoms. The third kappa shape index (κ3) is 3.24. The number of aryl methyl sites for hydroxylation is 1. The normalized spacial score (nSPS) is 19.1. The van der Waals surface area contributed by atoms with Crippen LogP contribution in [-0.4, -0.2) is 26.6 Å². The Kier molecular flexibility index (Phi) is 4.52. The zero-order chi connectivity index (χ0) is 20.9. The first-order chi connectivity index (χ1) is 14.5. The maximum Gasteiger partial charge on any atom is 0.354 e. The number of nitrogens with zero attached hydrogens (tertiary/aromatic N) is 4. The number of benzene rings is 1. The Bertz CT molecular complexity index is 1210. The molecule has 30 heavy (non-hydrogen) atoms. The molecular formula is C20H22N6O3S. The Morgan fingerprint density at radius 2 is 2.17 bits per heavy atom. The number of nitrogens with two attached hydrogens (primary N) is 1. The van der Waals surface area contributed by atoms with Gasteiger partial charge in [-0.05, 0) is 60.8 Å². The summed E-state index contributed by atoms with van der Waals surface area (Å²) in [5.74, 6) is 0.639. The van der Waals surface area contributed by atoms with Gasteiger partial charge in [0.05, 0.1) is 24.4 Å². The van der Waals surface area contributed by atoms with E-state index in [2.05, 4.69) is 20.8 Å². The molecule has 0 unspecified atom stereocenters. The van der Waals surface area contributed by atoms with Crippen molar-refractivity contribution >= 4 is 21.6 Å². The summed E-state index contributed by atoms with van der Waals surface area (Å²) in [6, 6.07) is 3.41. The van der Waals surface area contributed by atoms with Gasteiger partial charge in [-0.25, -0.2) is 18.8 Å². The molecule has 1 aliphatic heterocycles. The summed E-state index contributed by atoms with van der Waals surface area (Å²) in [6.07, 6.45) is 6.75. The van der Waals surface area contributed by atoms with E-state index in [0.717, 1.165) is 55.2 Å². The van der Waals surface area contributed by atoms with Crippen LogP contribution in [0, 0.1) is 11.3 Å². The maximum atomic E-state index is 13.1. The van der Waals surface area contributed by atoms with Gasteiger partial charge >= 0.3 is 6.03 Å². The molecule has 2 amide bonds. The number of urea groups is 1. The lowest BCUT2D eigenvalue weighted by molar-refractivity contribution is 0.224. The number of rotatable bonds is 3. The predicted molar refractivity (Wildman–Crippen MR) is 110 cm³/mol. The van der Waals surface area contributed by atoms with Gasteiger partial charge in [0.25, 0.3) is 0 Å². The van der Waals surface area contributed by atoms with Gasteiger partial charge in [0, 0.05) is 18.7 Å². The fourth-order valence-electron chi connectivity index (χ4n) is 4.32. The number of aromatic nitrogens is 2. The van der Waals surface area contributed by atoms with Crippen molar-refractivity contribution in [3.8, 4) is 11.9 Å². The number of nitriles is 1. The third-order valence-corrected chi connectivity index (χ3v) is 7.20. The summed E-state index contributed by atoms with van der Waals surface area (Å²) >= 11 is 0. The Balaban J connectivity index is 1.50. The first-order valence-electron chi connectivity index (χ1n) is 10.1. The molecule has 0 radical (unpaired) electrons. The molecule has 1 saturated carbocycles. The second kappa shape index (κ2) is 7.11. The number of hydrogen-bond acceptors (Lipinski definition) is 5. The van der Waals surface area contributed by atoms with Crippen LogP contribution in [-0.2, 0) is 29.3 Å². The van der Waals surface area contributed by atoms with E-state index in [-0.39, 0.29) is 4.90 Å². The van der Waals surface area contributed by atoms with Crippen molar-refractivity contribution in [1.82, 2.24) is 9.78 Å². The smallest absolute Gasteiger partial charge is 0.354 e. The summed E-state index contributed by atoms with van der Waals surface area (Å²) < 4.78 is 24.0. The number of nitrogens with one attached hydrogen (secondary N) is 1. The molecular weight excluding hydrogens is 404 g/mol. The molecule has 1 atom stereocenters. The van der Waals surface area contributed by atoms with E-state index in [1.807, 2.05) is 6.07 Å². The zero-order valence-corrected chi connectivity index (χ0v) is 17.2. The summed E-state index contributed by atoms with van der Waals surface area (Å²) in [5, 5.41) is 22.5. The van der Waals surface area contributed by atoms with E-state index >= 15 is 0 Å². The van der Waals surface area contributed by atoms with Gasteiger partial charge in [-0.2, -0.15) is 10.4 Å². The second-order valence-corrected chi connectivity index (χ2v) is 9.67. The van der Waals surface area contributed by atoms with Gasteiger partial charge in [-0.15, -0.1) is 4.36 Å². The minimum absolute atomic E-state index is 0.129. The fraction of sp³-hybridized carbons (Fsp3) is 0.450. The quantitative estimate of drug-likeness (QED) is 0.778. The van der Waals surface area contributed by atoms with Crippen molar-refractivity contribution in [2.45, 2.75) is 55.9 Å². The first kappa shape index (κ1) is 19.1. The number of carbonyl (C=O) groups excluding carboxylic acids is 1. The summed E-state index contributed by atoms with van der Waals surface area (Å²) in [4.78, 5) is 12.9. The van der Waals surface area contributed by atoms with Crippen molar-refractivity contribution in [2.75, 3.05) is 11.9 Å². The van der Waals surface area contributed by atoms with Gasteiger partial charge in [-0.3, -0.25) is 0 Å². The molecule has 156 valence electrons. The zero-order valence-electron chi connectivity index (χ0n) is 16.4. The molecule has 2 aliphatic carbocycles. The highest BCUT2D eigenvalue weighted by molar-refractivity contribution is 7.91. The standard InChI is InChI=1S/C20H22N6O3S/c21-10-13-9-16(12-5-6-12)18(15-4-1-3-14(13)15)24-20(27)25-30(22,28)17-11-23-26-7-2-8-29-19(17)26/h9,11-12H,1-8H2,(H3,22,24,25,27,28)/t30-/m0/s1. The van der Waals surface area contributed by atoms with Gasteiger partial charge in [-0.1, -0.05) is 0 Å². The van der Waals surface area contributed by atoms with Gasteiger partial charge < -0.3 is 10.1 Å². The van der Waals surface area contributed by atoms with E-state index in [9.17, 15) is 14.3 Å². The van der Waals surface area contributed by atoms with Crippen LogP contribution >= 0.6 is 0 Å². The van der Waals surface area contributed by atoms with Crippen LogP contribution in [0.15, 0.2) is 21.5 Å². The largest absolute Gasteiger partial charge is 0.477 e. The molecule has 0 saturated heterocycles. The first-order valence-corrected chi connectivity index (χ1v) is 11.7. The lowest BCUT2D eigenvalue weighted by Gasteiger charge is -2.17. The Morgan fingerprint density at radius 3 is 2.93 bits per heavy atom. The van der Waals surface area contributed by atoms with E-state index in [4.69, 9.17) is 9.88 Å². The van der Waals surface area contributed by atoms with Crippen LogP contribution in [0.4, 0.5) is 10.5 Å². The van der Waals surface area contributed by atoms with Crippen LogP contribution in [0.5, 0.6) is 5.88 Å². The number of hydrogen-bond donors (Lipinski definition) is 2. The number of fused-ring (bicyclic) bond motifs is 2. The van der Waals surface area contributed by atoms with Crippen LogP contribution in [0.1, 0.15) is 53.9 Å². The Morgan fingerprint density at radius 1 is 1.37 bits per heavy atom. The predicted octanol–water partition coefficient (Wildman–Crippen LogP) is 2.84. The van der Waals surface area contributed by atoms with E-state index in [0.29, 0.717) is 36.2 Å². The summed E-state index contributed by atoms with van der Waals surface area (Å²) in [7, 11) is -3.52. The maximum absolute atomic E-state index is 13.1. The molecule has 9 nitrogen and oxygen atoms in total. The van der Waals surface area contributed by atoms with Gasteiger partial charge in [0.1, 0.15) is 4.90 Å². The molecule has 2 aromatic rings. The molecule has 1 fully saturated rings. The molecule has 2 heterocycles. The SMILES string of the molecule is N#Cc1cc(C2CC2)c(NC(=O)N=[S@](N)(=O)c2cnn3c2OCCC3)c2c1CCC2. The number of ether oxygens (including phenoxy) is 1. The molecule has 0 bridgehead atoms. The van der Waals surface area contributed by atoms with Crippen LogP contribution in [0.2, 0.25) is 0 Å². The number of anilines is 1. The van der Waals surface area contributed by atoms with Crippen molar-refractivity contribution in [3.63, 3.8) is 0 Å².